The number of pyridine rings is 1. The number of aliphatic carboxylic acids is 1. The molecule has 0 fully saturated rings. The Balaban J connectivity index is 3.06. The van der Waals surface area contributed by atoms with Gasteiger partial charge in [0.15, 0.2) is 0 Å². The molecule has 1 atom stereocenters. The molecule has 0 unspecified atom stereocenters. The van der Waals surface area contributed by atoms with Crippen LogP contribution in [0.2, 0.25) is 0 Å². The van der Waals surface area contributed by atoms with Gasteiger partial charge in [0.2, 0.25) is 5.91 Å². The Morgan fingerprint density at radius 3 is 2.42 bits per heavy atom. The fraction of sp³-hybridized carbons (Fsp3) is 0.533. The van der Waals surface area contributed by atoms with Crippen molar-refractivity contribution in [3.63, 3.8) is 0 Å². The van der Waals surface area contributed by atoms with Crippen LogP contribution in [0, 0.1) is 5.92 Å². The zero-order valence-electron chi connectivity index (χ0n) is 13.3. The summed E-state index contributed by atoms with van der Waals surface area (Å²) in [6.07, 6.45) is -3.77. The highest BCUT2D eigenvalue weighted by atomic mass is 19.4. The van der Waals surface area contributed by atoms with Gasteiger partial charge in [-0.15, -0.1) is 0 Å². The van der Waals surface area contributed by atoms with Crippen LogP contribution in [0.15, 0.2) is 23.1 Å². The summed E-state index contributed by atoms with van der Waals surface area (Å²) in [5.74, 6) is -1.70. The first-order chi connectivity index (χ1) is 11.0. The second-order valence-corrected chi connectivity index (χ2v) is 5.74. The van der Waals surface area contributed by atoms with Crippen LogP contribution in [0.25, 0.3) is 0 Å². The number of aromatic nitrogens is 1. The number of carbonyl (C=O) groups is 2. The van der Waals surface area contributed by atoms with Crippen molar-refractivity contribution in [2.75, 3.05) is 6.54 Å². The number of hydrogen-bond acceptors (Lipinski definition) is 3. The van der Waals surface area contributed by atoms with E-state index in [2.05, 4.69) is 5.32 Å². The van der Waals surface area contributed by atoms with Gasteiger partial charge < -0.3 is 15.0 Å². The average molecular weight is 348 g/mol. The maximum Gasteiger partial charge on any atom is 0.416 e. The summed E-state index contributed by atoms with van der Waals surface area (Å²) in [5.41, 5.74) is -2.03. The number of hydrogen-bond donors (Lipinski definition) is 2. The molecule has 1 aromatic rings. The summed E-state index contributed by atoms with van der Waals surface area (Å²) >= 11 is 0. The molecule has 0 aliphatic heterocycles. The van der Waals surface area contributed by atoms with Gasteiger partial charge in [-0.1, -0.05) is 13.8 Å². The third-order valence-electron chi connectivity index (χ3n) is 3.25. The van der Waals surface area contributed by atoms with Crippen molar-refractivity contribution in [1.29, 1.82) is 0 Å². The highest BCUT2D eigenvalue weighted by molar-refractivity contribution is 5.80. The molecule has 1 rings (SSSR count). The zero-order valence-corrected chi connectivity index (χ0v) is 13.3. The zero-order chi connectivity index (χ0) is 18.5. The number of amides is 1. The SMILES string of the molecule is CC(C)C[C@@H](C(=O)NCCC(=O)O)n1ccc(C(F)(F)F)cc1=O. The van der Waals surface area contributed by atoms with Crippen molar-refractivity contribution >= 4 is 11.9 Å². The summed E-state index contributed by atoms with van der Waals surface area (Å²) < 4.78 is 38.8. The molecule has 9 heteroatoms. The van der Waals surface area contributed by atoms with E-state index in [-0.39, 0.29) is 25.3 Å². The molecule has 0 radical (unpaired) electrons. The van der Waals surface area contributed by atoms with E-state index >= 15 is 0 Å². The van der Waals surface area contributed by atoms with E-state index in [1.807, 2.05) is 0 Å². The van der Waals surface area contributed by atoms with Crippen LogP contribution in [0.1, 0.15) is 38.3 Å². The van der Waals surface area contributed by atoms with Crippen molar-refractivity contribution in [2.45, 2.75) is 38.9 Å². The number of nitrogens with one attached hydrogen (secondary N) is 1. The maximum absolute atomic E-state index is 12.6. The normalized spacial score (nSPS) is 12.9. The van der Waals surface area contributed by atoms with Gasteiger partial charge in [-0.2, -0.15) is 13.2 Å². The summed E-state index contributed by atoms with van der Waals surface area (Å²) in [6.45, 7) is 3.47. The van der Waals surface area contributed by atoms with Crippen LogP contribution in [0.3, 0.4) is 0 Å². The summed E-state index contributed by atoms with van der Waals surface area (Å²) in [6, 6.07) is 0.172. The van der Waals surface area contributed by atoms with E-state index < -0.39 is 35.2 Å². The summed E-state index contributed by atoms with van der Waals surface area (Å²) in [7, 11) is 0. The Morgan fingerprint density at radius 2 is 1.96 bits per heavy atom. The largest absolute Gasteiger partial charge is 0.481 e. The van der Waals surface area contributed by atoms with Gasteiger partial charge >= 0.3 is 12.1 Å². The van der Waals surface area contributed by atoms with E-state index in [1.165, 1.54) is 0 Å². The van der Waals surface area contributed by atoms with Gasteiger partial charge in [0.1, 0.15) is 6.04 Å². The van der Waals surface area contributed by atoms with E-state index in [4.69, 9.17) is 5.11 Å². The molecular formula is C15H19F3N2O4. The number of halogens is 3. The lowest BCUT2D eigenvalue weighted by Crippen LogP contribution is -2.38. The fourth-order valence-corrected chi connectivity index (χ4v) is 2.13. The topological polar surface area (TPSA) is 88.4 Å². The predicted molar refractivity (Wildman–Crippen MR) is 79.5 cm³/mol. The minimum atomic E-state index is -4.64. The van der Waals surface area contributed by atoms with Crippen molar-refractivity contribution in [2.24, 2.45) is 5.92 Å². The highest BCUT2D eigenvalue weighted by Crippen LogP contribution is 2.28. The Morgan fingerprint density at radius 1 is 1.33 bits per heavy atom. The van der Waals surface area contributed by atoms with E-state index in [9.17, 15) is 27.6 Å². The molecule has 1 amide bonds. The van der Waals surface area contributed by atoms with Crippen molar-refractivity contribution in [3.05, 3.63) is 34.2 Å². The van der Waals surface area contributed by atoms with Gasteiger partial charge in [-0.25, -0.2) is 0 Å². The third kappa shape index (κ3) is 5.71. The molecule has 6 nitrogen and oxygen atoms in total. The molecule has 0 aromatic carbocycles. The molecule has 2 N–H and O–H groups in total. The average Bonchev–Trinajstić information content (AvgIpc) is 2.43. The van der Waals surface area contributed by atoms with E-state index in [0.717, 1.165) is 16.8 Å². The third-order valence-corrected chi connectivity index (χ3v) is 3.25. The van der Waals surface area contributed by atoms with E-state index in [0.29, 0.717) is 6.07 Å². The number of rotatable bonds is 7. The molecule has 1 aromatic heterocycles. The first-order valence-electron chi connectivity index (χ1n) is 7.31. The second kappa shape index (κ2) is 7.98. The molecule has 0 bridgehead atoms. The fourth-order valence-electron chi connectivity index (χ4n) is 2.13. The van der Waals surface area contributed by atoms with Crippen molar-refractivity contribution < 1.29 is 27.9 Å². The van der Waals surface area contributed by atoms with Crippen LogP contribution in [0.5, 0.6) is 0 Å². The Bertz CT molecular complexity index is 653. The monoisotopic (exact) mass is 348 g/mol. The quantitative estimate of drug-likeness (QED) is 0.789. The number of alkyl halides is 3. The highest BCUT2D eigenvalue weighted by Gasteiger charge is 2.32. The number of carboxylic acids is 1. The van der Waals surface area contributed by atoms with E-state index in [1.54, 1.807) is 13.8 Å². The van der Waals surface area contributed by atoms with Crippen LogP contribution >= 0.6 is 0 Å². The van der Waals surface area contributed by atoms with Gasteiger partial charge in [-0.05, 0) is 18.4 Å². The Hall–Kier alpha value is -2.32. The lowest BCUT2D eigenvalue weighted by molar-refractivity contribution is -0.138. The summed E-state index contributed by atoms with van der Waals surface area (Å²) in [4.78, 5) is 34.7. The molecule has 24 heavy (non-hydrogen) atoms. The molecule has 0 aliphatic carbocycles. The Labute approximate surface area is 136 Å². The second-order valence-electron chi connectivity index (χ2n) is 5.74. The van der Waals surface area contributed by atoms with Gasteiger partial charge in [0, 0.05) is 18.8 Å². The molecule has 134 valence electrons. The Kier molecular flexibility index (Phi) is 6.56. The van der Waals surface area contributed by atoms with Gasteiger partial charge in [-0.3, -0.25) is 14.4 Å². The van der Waals surface area contributed by atoms with Crippen molar-refractivity contribution in [3.8, 4) is 0 Å². The first-order valence-corrected chi connectivity index (χ1v) is 7.31. The number of nitrogens with zero attached hydrogens (tertiary/aromatic N) is 1. The maximum atomic E-state index is 12.6. The standard InChI is InChI=1S/C15H19F3N2O4/c1-9(2)7-11(14(24)19-5-3-13(22)23)20-6-4-10(8-12(20)21)15(16,17)18/h4,6,8-9,11H,3,5,7H2,1-2H3,(H,19,24)(H,22,23)/t11-/m0/s1. The smallest absolute Gasteiger partial charge is 0.416 e. The van der Waals surface area contributed by atoms with Crippen molar-refractivity contribution in [1.82, 2.24) is 9.88 Å². The molecule has 1 heterocycles. The number of carboxylic acid groups (broad SMARTS) is 1. The van der Waals surface area contributed by atoms with Gasteiger partial charge in [0.05, 0.1) is 12.0 Å². The minimum absolute atomic E-state index is 0.00517. The molecular weight excluding hydrogens is 329 g/mol. The van der Waals surface area contributed by atoms with Crippen LogP contribution in [0.4, 0.5) is 13.2 Å². The first kappa shape index (κ1) is 19.7. The predicted octanol–water partition coefficient (Wildman–Crippen LogP) is 2.05. The summed E-state index contributed by atoms with van der Waals surface area (Å²) in [5, 5.41) is 11.0. The molecule has 0 saturated heterocycles. The van der Waals surface area contributed by atoms with Crippen LogP contribution in [-0.4, -0.2) is 28.1 Å². The van der Waals surface area contributed by atoms with Gasteiger partial charge in [0.25, 0.3) is 5.56 Å². The number of carbonyl (C=O) groups excluding carboxylic acids is 1. The molecule has 0 spiro atoms. The van der Waals surface area contributed by atoms with Crippen LogP contribution < -0.4 is 10.9 Å². The molecule has 0 saturated carbocycles. The lowest BCUT2D eigenvalue weighted by atomic mass is 10.0. The molecule has 0 aliphatic rings. The lowest BCUT2D eigenvalue weighted by Gasteiger charge is -2.21. The van der Waals surface area contributed by atoms with Crippen LogP contribution in [-0.2, 0) is 15.8 Å². The minimum Gasteiger partial charge on any atom is -0.481 e.